The van der Waals surface area contributed by atoms with Crippen molar-refractivity contribution in [2.45, 2.75) is 31.1 Å². The molecule has 0 aliphatic heterocycles. The van der Waals surface area contributed by atoms with E-state index in [1.807, 2.05) is 30.3 Å². The van der Waals surface area contributed by atoms with Gasteiger partial charge < -0.3 is 10.2 Å². The molecule has 0 spiro atoms. The Hall–Kier alpha value is -2.76. The number of halogens is 2. The van der Waals surface area contributed by atoms with Crippen molar-refractivity contribution < 1.29 is 28.6 Å². The lowest BCUT2D eigenvalue weighted by Crippen LogP contribution is -2.19. The van der Waals surface area contributed by atoms with E-state index in [-0.39, 0.29) is 12.8 Å². The second-order valence-corrected chi connectivity index (χ2v) is 5.90. The molecule has 0 bridgehead atoms. The number of carbonyl (C=O) groups is 2. The summed E-state index contributed by atoms with van der Waals surface area (Å²) in [6, 6.07) is 12.8. The van der Waals surface area contributed by atoms with Crippen LogP contribution < -0.4 is 0 Å². The second-order valence-electron chi connectivity index (χ2n) is 5.90. The highest BCUT2D eigenvalue weighted by atomic mass is 19.2. The molecule has 0 radical (unpaired) electrons. The molecule has 4 nitrogen and oxygen atoms in total. The molecule has 3 rings (SSSR count). The number of carboxylic acid groups (broad SMARTS) is 2. The van der Waals surface area contributed by atoms with Crippen LogP contribution in [-0.2, 0) is 21.4 Å². The minimum absolute atomic E-state index is 0.0783. The van der Waals surface area contributed by atoms with Crippen LogP contribution in [0, 0.1) is 11.6 Å². The van der Waals surface area contributed by atoms with Gasteiger partial charge in [0.25, 0.3) is 0 Å². The van der Waals surface area contributed by atoms with E-state index in [2.05, 4.69) is 0 Å². The Labute approximate surface area is 143 Å². The summed E-state index contributed by atoms with van der Waals surface area (Å²) in [5.74, 6) is -3.50. The lowest BCUT2D eigenvalue weighted by molar-refractivity contribution is -0.140. The van der Waals surface area contributed by atoms with Crippen molar-refractivity contribution in [2.75, 3.05) is 0 Å². The van der Waals surface area contributed by atoms with Gasteiger partial charge in [-0.1, -0.05) is 36.4 Å². The lowest BCUT2D eigenvalue weighted by Gasteiger charge is -2.08. The first-order valence-electron chi connectivity index (χ1n) is 7.80. The van der Waals surface area contributed by atoms with E-state index >= 15 is 0 Å². The third-order valence-electron chi connectivity index (χ3n) is 4.10. The maximum atomic E-state index is 12.6. The highest BCUT2D eigenvalue weighted by Crippen LogP contribution is 2.48. The first-order valence-corrected chi connectivity index (χ1v) is 7.80. The Morgan fingerprint density at radius 2 is 1.60 bits per heavy atom. The van der Waals surface area contributed by atoms with Crippen molar-refractivity contribution in [3.05, 3.63) is 71.3 Å². The van der Waals surface area contributed by atoms with Crippen LogP contribution in [0.25, 0.3) is 0 Å². The van der Waals surface area contributed by atoms with Gasteiger partial charge in [-0.15, -0.1) is 0 Å². The fourth-order valence-electron chi connectivity index (χ4n) is 2.45. The van der Waals surface area contributed by atoms with E-state index in [0.717, 1.165) is 30.5 Å². The highest BCUT2D eigenvalue weighted by molar-refractivity contribution is 5.84. The van der Waals surface area contributed by atoms with Crippen molar-refractivity contribution in [3.8, 4) is 0 Å². The minimum atomic E-state index is -0.954. The molecule has 0 amide bonds. The van der Waals surface area contributed by atoms with E-state index in [9.17, 15) is 18.4 Å². The SMILES string of the molecule is O=C(O)C1(c2ccccc2)CC1.O=C(O)CCc1ccc(F)c(F)c1. The molecule has 6 heteroatoms. The first-order chi connectivity index (χ1) is 11.8. The lowest BCUT2D eigenvalue weighted by atomic mass is 9.97. The number of rotatable bonds is 5. The van der Waals surface area contributed by atoms with Crippen molar-refractivity contribution >= 4 is 11.9 Å². The van der Waals surface area contributed by atoms with Crippen LogP contribution in [0.1, 0.15) is 30.4 Å². The van der Waals surface area contributed by atoms with Crippen molar-refractivity contribution in [3.63, 3.8) is 0 Å². The van der Waals surface area contributed by atoms with Crippen LogP contribution in [0.4, 0.5) is 8.78 Å². The smallest absolute Gasteiger partial charge is 0.314 e. The summed E-state index contributed by atoms with van der Waals surface area (Å²) in [5, 5.41) is 17.3. The van der Waals surface area contributed by atoms with Crippen molar-refractivity contribution in [1.29, 1.82) is 0 Å². The summed E-state index contributed by atoms with van der Waals surface area (Å²) in [4.78, 5) is 21.0. The summed E-state index contributed by atoms with van der Waals surface area (Å²) in [7, 11) is 0. The fourth-order valence-corrected chi connectivity index (χ4v) is 2.45. The van der Waals surface area contributed by atoms with Crippen LogP contribution in [0.3, 0.4) is 0 Å². The van der Waals surface area contributed by atoms with Crippen LogP contribution >= 0.6 is 0 Å². The van der Waals surface area contributed by atoms with Crippen molar-refractivity contribution in [1.82, 2.24) is 0 Å². The predicted octanol–water partition coefficient (Wildman–Crippen LogP) is 3.78. The Bertz CT molecular complexity index is 755. The standard InChI is InChI=1S/C10H10O2.C9H8F2O2/c11-9(12)10(6-7-10)8-4-2-1-3-5-8;10-7-3-1-6(5-8(7)11)2-4-9(12)13/h1-5H,6-7H2,(H,11,12);1,3,5H,2,4H2,(H,12,13). The Morgan fingerprint density at radius 3 is 2.08 bits per heavy atom. The molecule has 2 aromatic rings. The zero-order chi connectivity index (χ0) is 18.4. The summed E-state index contributed by atoms with van der Waals surface area (Å²) in [6.07, 6.45) is 1.70. The van der Waals surface area contributed by atoms with Gasteiger partial charge in [-0.2, -0.15) is 0 Å². The van der Waals surface area contributed by atoms with Crippen LogP contribution in [0.5, 0.6) is 0 Å². The molecule has 2 aromatic carbocycles. The van der Waals surface area contributed by atoms with Crippen LogP contribution in [0.2, 0.25) is 0 Å². The minimum Gasteiger partial charge on any atom is -0.481 e. The number of carboxylic acids is 2. The van der Waals surface area contributed by atoms with Gasteiger partial charge >= 0.3 is 11.9 Å². The molecule has 132 valence electrons. The van der Waals surface area contributed by atoms with Crippen LogP contribution in [0.15, 0.2) is 48.5 Å². The summed E-state index contributed by atoms with van der Waals surface area (Å²) in [6.45, 7) is 0. The molecule has 25 heavy (non-hydrogen) atoms. The summed E-state index contributed by atoms with van der Waals surface area (Å²) >= 11 is 0. The van der Waals surface area contributed by atoms with E-state index < -0.39 is 29.0 Å². The van der Waals surface area contributed by atoms with Gasteiger partial charge in [0.15, 0.2) is 11.6 Å². The van der Waals surface area contributed by atoms with Gasteiger partial charge in [-0.05, 0) is 42.5 Å². The molecular formula is C19H18F2O4. The Morgan fingerprint density at radius 1 is 0.960 bits per heavy atom. The molecule has 0 saturated heterocycles. The highest BCUT2D eigenvalue weighted by Gasteiger charge is 2.51. The quantitative estimate of drug-likeness (QED) is 0.862. The van der Waals surface area contributed by atoms with E-state index in [0.29, 0.717) is 5.56 Å². The van der Waals surface area contributed by atoms with Gasteiger partial charge in [-0.25, -0.2) is 8.78 Å². The maximum absolute atomic E-state index is 12.6. The van der Waals surface area contributed by atoms with Crippen molar-refractivity contribution in [2.24, 2.45) is 0 Å². The maximum Gasteiger partial charge on any atom is 0.314 e. The number of aryl methyl sites for hydroxylation is 1. The molecule has 0 heterocycles. The number of benzene rings is 2. The molecule has 1 aliphatic rings. The third-order valence-corrected chi connectivity index (χ3v) is 4.10. The van der Waals surface area contributed by atoms with E-state index in [1.165, 1.54) is 6.07 Å². The van der Waals surface area contributed by atoms with Gasteiger partial charge in [0.05, 0.1) is 5.41 Å². The normalized spacial score (nSPS) is 14.2. The van der Waals surface area contributed by atoms with Crippen LogP contribution in [-0.4, -0.2) is 22.2 Å². The van der Waals surface area contributed by atoms with Gasteiger partial charge in [-0.3, -0.25) is 9.59 Å². The average molecular weight is 348 g/mol. The second kappa shape index (κ2) is 7.88. The Kier molecular flexibility index (Phi) is 5.85. The summed E-state index contributed by atoms with van der Waals surface area (Å²) < 4.78 is 25.0. The molecule has 0 aromatic heterocycles. The molecule has 0 atom stereocenters. The molecular weight excluding hydrogens is 330 g/mol. The predicted molar refractivity (Wildman–Crippen MR) is 87.3 cm³/mol. The number of hydrogen-bond acceptors (Lipinski definition) is 2. The zero-order valence-corrected chi connectivity index (χ0v) is 13.4. The van der Waals surface area contributed by atoms with E-state index in [1.54, 1.807) is 0 Å². The fraction of sp³-hybridized carbons (Fsp3) is 0.263. The number of aliphatic carboxylic acids is 2. The first kappa shape index (κ1) is 18.6. The van der Waals surface area contributed by atoms with Gasteiger partial charge in [0.2, 0.25) is 0 Å². The Balaban J connectivity index is 0.000000181. The third kappa shape index (κ3) is 4.86. The molecule has 2 N–H and O–H groups in total. The molecule has 0 unspecified atom stereocenters. The van der Waals surface area contributed by atoms with Gasteiger partial charge in [0.1, 0.15) is 0 Å². The average Bonchev–Trinajstić information content (AvgIpc) is 3.39. The molecule has 1 saturated carbocycles. The summed E-state index contributed by atoms with van der Waals surface area (Å²) in [5.41, 5.74) is 0.889. The zero-order valence-electron chi connectivity index (χ0n) is 13.4. The molecule has 1 fully saturated rings. The topological polar surface area (TPSA) is 74.6 Å². The molecule has 1 aliphatic carbocycles. The monoisotopic (exact) mass is 348 g/mol. The largest absolute Gasteiger partial charge is 0.481 e. The van der Waals surface area contributed by atoms with Gasteiger partial charge in [0, 0.05) is 6.42 Å². The van der Waals surface area contributed by atoms with E-state index in [4.69, 9.17) is 10.2 Å². The number of hydrogen-bond donors (Lipinski definition) is 2.